The van der Waals surface area contributed by atoms with Gasteiger partial charge < -0.3 is 10.1 Å². The molecule has 1 heterocycles. The van der Waals surface area contributed by atoms with E-state index in [0.717, 1.165) is 32.2 Å². The summed E-state index contributed by atoms with van der Waals surface area (Å²) < 4.78 is 5.80. The first-order valence-corrected chi connectivity index (χ1v) is 8.03. The quantitative estimate of drug-likeness (QED) is 0.770. The van der Waals surface area contributed by atoms with Gasteiger partial charge in [-0.1, -0.05) is 27.7 Å². The van der Waals surface area contributed by atoms with Crippen LogP contribution in [0.25, 0.3) is 0 Å². The third-order valence-corrected chi connectivity index (χ3v) is 4.35. The second kappa shape index (κ2) is 8.23. The van der Waals surface area contributed by atoms with E-state index in [1.807, 2.05) is 0 Å². The molecule has 0 aromatic rings. The lowest BCUT2D eigenvalue weighted by Gasteiger charge is -2.44. The van der Waals surface area contributed by atoms with Crippen molar-refractivity contribution in [1.82, 2.24) is 10.2 Å². The Labute approximate surface area is 120 Å². The molecule has 19 heavy (non-hydrogen) atoms. The fraction of sp³-hybridized carbons (Fsp3) is 1.00. The molecule has 0 amide bonds. The van der Waals surface area contributed by atoms with E-state index in [2.05, 4.69) is 51.8 Å². The third-order valence-electron chi connectivity index (χ3n) is 4.35. The van der Waals surface area contributed by atoms with Crippen LogP contribution in [0.1, 0.15) is 48.0 Å². The van der Waals surface area contributed by atoms with Gasteiger partial charge in [0.25, 0.3) is 0 Å². The highest BCUT2D eigenvalue weighted by Gasteiger charge is 2.31. The standard InChI is InChI=1S/C16H34N2O/c1-7-16-11-19-14(5)10-18(16)15(6)13(4)9-17-8-12(2)3/h12-17H,7-11H2,1-6H3. The normalized spacial score (nSPS) is 28.6. The molecule has 0 saturated carbocycles. The Bertz CT molecular complexity index is 245. The fourth-order valence-electron chi connectivity index (χ4n) is 2.82. The van der Waals surface area contributed by atoms with Crippen molar-refractivity contribution >= 4 is 0 Å². The summed E-state index contributed by atoms with van der Waals surface area (Å²) in [4.78, 5) is 2.66. The lowest BCUT2D eigenvalue weighted by molar-refractivity contribution is -0.0770. The van der Waals surface area contributed by atoms with Crippen LogP contribution in [0.2, 0.25) is 0 Å². The molecule has 3 nitrogen and oxygen atoms in total. The molecular formula is C16H34N2O. The van der Waals surface area contributed by atoms with Crippen LogP contribution in [-0.4, -0.2) is 49.3 Å². The highest BCUT2D eigenvalue weighted by molar-refractivity contribution is 4.84. The van der Waals surface area contributed by atoms with E-state index in [1.165, 1.54) is 6.42 Å². The van der Waals surface area contributed by atoms with Gasteiger partial charge in [-0.2, -0.15) is 0 Å². The van der Waals surface area contributed by atoms with Gasteiger partial charge >= 0.3 is 0 Å². The van der Waals surface area contributed by atoms with Gasteiger partial charge in [-0.15, -0.1) is 0 Å². The Kier molecular flexibility index (Phi) is 7.33. The van der Waals surface area contributed by atoms with E-state index >= 15 is 0 Å². The summed E-state index contributed by atoms with van der Waals surface area (Å²) in [5.41, 5.74) is 0. The average Bonchev–Trinajstić information content (AvgIpc) is 2.37. The highest BCUT2D eigenvalue weighted by Crippen LogP contribution is 2.21. The number of rotatable bonds is 7. The SMILES string of the molecule is CCC1COC(C)CN1C(C)C(C)CNCC(C)C. The van der Waals surface area contributed by atoms with Gasteiger partial charge in [0.15, 0.2) is 0 Å². The predicted octanol–water partition coefficient (Wildman–Crippen LogP) is 2.76. The molecule has 0 spiro atoms. The van der Waals surface area contributed by atoms with Crippen molar-refractivity contribution in [1.29, 1.82) is 0 Å². The molecule has 1 aliphatic rings. The Balaban J connectivity index is 2.46. The highest BCUT2D eigenvalue weighted by atomic mass is 16.5. The zero-order chi connectivity index (χ0) is 14.4. The van der Waals surface area contributed by atoms with Gasteiger partial charge in [-0.25, -0.2) is 0 Å². The Hall–Kier alpha value is -0.120. The van der Waals surface area contributed by atoms with Crippen LogP contribution in [0.5, 0.6) is 0 Å². The van der Waals surface area contributed by atoms with Crippen molar-refractivity contribution in [3.8, 4) is 0 Å². The predicted molar refractivity (Wildman–Crippen MR) is 82.5 cm³/mol. The maximum Gasteiger partial charge on any atom is 0.0674 e. The zero-order valence-corrected chi connectivity index (χ0v) is 13.8. The Morgan fingerprint density at radius 1 is 1.21 bits per heavy atom. The number of nitrogens with one attached hydrogen (secondary N) is 1. The molecule has 0 aliphatic carbocycles. The average molecular weight is 270 g/mol. The van der Waals surface area contributed by atoms with E-state index in [1.54, 1.807) is 0 Å². The zero-order valence-electron chi connectivity index (χ0n) is 13.8. The summed E-state index contributed by atoms with van der Waals surface area (Å²) in [6.45, 7) is 17.9. The first kappa shape index (κ1) is 16.9. The van der Waals surface area contributed by atoms with Gasteiger partial charge in [0, 0.05) is 18.6 Å². The van der Waals surface area contributed by atoms with Gasteiger partial charge in [-0.3, -0.25) is 4.90 Å². The molecule has 114 valence electrons. The lowest BCUT2D eigenvalue weighted by Crippen LogP contribution is -2.54. The van der Waals surface area contributed by atoms with Gasteiger partial charge in [0.1, 0.15) is 0 Å². The molecular weight excluding hydrogens is 236 g/mol. The molecule has 1 saturated heterocycles. The van der Waals surface area contributed by atoms with Crippen molar-refractivity contribution in [3.63, 3.8) is 0 Å². The minimum atomic E-state index is 0.376. The largest absolute Gasteiger partial charge is 0.376 e. The summed E-state index contributed by atoms with van der Waals surface area (Å²) in [5.74, 6) is 1.41. The van der Waals surface area contributed by atoms with Gasteiger partial charge in [0.2, 0.25) is 0 Å². The second-order valence-corrected chi connectivity index (χ2v) is 6.67. The molecule has 0 aromatic heterocycles. The van der Waals surface area contributed by atoms with E-state index < -0.39 is 0 Å². The van der Waals surface area contributed by atoms with Crippen LogP contribution in [0, 0.1) is 11.8 Å². The molecule has 3 heteroatoms. The van der Waals surface area contributed by atoms with Crippen LogP contribution in [0.3, 0.4) is 0 Å². The maximum atomic E-state index is 5.80. The van der Waals surface area contributed by atoms with E-state index in [9.17, 15) is 0 Å². The maximum absolute atomic E-state index is 5.80. The number of hydrogen-bond donors (Lipinski definition) is 1. The van der Waals surface area contributed by atoms with Crippen LogP contribution in [-0.2, 0) is 4.74 Å². The third kappa shape index (κ3) is 5.41. The summed E-state index contributed by atoms with van der Waals surface area (Å²) in [7, 11) is 0. The molecule has 4 atom stereocenters. The summed E-state index contributed by atoms with van der Waals surface area (Å²) >= 11 is 0. The van der Waals surface area contributed by atoms with Crippen LogP contribution in [0.15, 0.2) is 0 Å². The number of hydrogen-bond acceptors (Lipinski definition) is 3. The Morgan fingerprint density at radius 3 is 2.47 bits per heavy atom. The van der Waals surface area contributed by atoms with E-state index in [0.29, 0.717) is 24.1 Å². The lowest BCUT2D eigenvalue weighted by atomic mass is 9.98. The topological polar surface area (TPSA) is 24.5 Å². The minimum absolute atomic E-state index is 0.376. The minimum Gasteiger partial charge on any atom is -0.376 e. The van der Waals surface area contributed by atoms with E-state index in [-0.39, 0.29) is 0 Å². The van der Waals surface area contributed by atoms with Crippen LogP contribution < -0.4 is 5.32 Å². The van der Waals surface area contributed by atoms with E-state index in [4.69, 9.17) is 4.74 Å². The fourth-order valence-corrected chi connectivity index (χ4v) is 2.82. The summed E-state index contributed by atoms with van der Waals surface area (Å²) in [5, 5.41) is 3.59. The van der Waals surface area contributed by atoms with Crippen molar-refractivity contribution in [2.45, 2.75) is 66.2 Å². The molecule has 4 unspecified atom stereocenters. The summed E-state index contributed by atoms with van der Waals surface area (Å²) in [6.07, 6.45) is 1.56. The van der Waals surface area contributed by atoms with Gasteiger partial charge in [-0.05, 0) is 45.2 Å². The Morgan fingerprint density at radius 2 is 1.89 bits per heavy atom. The van der Waals surface area contributed by atoms with Crippen molar-refractivity contribution in [3.05, 3.63) is 0 Å². The second-order valence-electron chi connectivity index (χ2n) is 6.67. The van der Waals surface area contributed by atoms with Crippen molar-refractivity contribution < 1.29 is 4.74 Å². The first-order chi connectivity index (χ1) is 8.95. The van der Waals surface area contributed by atoms with Crippen LogP contribution in [0.4, 0.5) is 0 Å². The molecule has 0 aromatic carbocycles. The monoisotopic (exact) mass is 270 g/mol. The van der Waals surface area contributed by atoms with Crippen molar-refractivity contribution in [2.75, 3.05) is 26.2 Å². The smallest absolute Gasteiger partial charge is 0.0674 e. The molecule has 1 rings (SSSR count). The number of morpholine rings is 1. The van der Waals surface area contributed by atoms with Gasteiger partial charge in [0.05, 0.1) is 12.7 Å². The molecule has 1 aliphatic heterocycles. The summed E-state index contributed by atoms with van der Waals surface area (Å²) in [6, 6.07) is 1.22. The van der Waals surface area contributed by atoms with Crippen LogP contribution >= 0.6 is 0 Å². The van der Waals surface area contributed by atoms with Crippen molar-refractivity contribution in [2.24, 2.45) is 11.8 Å². The molecule has 0 radical (unpaired) electrons. The first-order valence-electron chi connectivity index (χ1n) is 8.03. The number of ether oxygens (including phenoxy) is 1. The molecule has 0 bridgehead atoms. The number of nitrogens with zero attached hydrogens (tertiary/aromatic N) is 1. The molecule has 1 N–H and O–H groups in total. The molecule has 1 fully saturated rings.